The molecule has 0 radical (unpaired) electrons. The van der Waals surface area contributed by atoms with Crippen LogP contribution in [0.2, 0.25) is 0 Å². The number of carbonyl (C=O) groups is 1. The van der Waals surface area contributed by atoms with Crippen molar-refractivity contribution in [2.24, 2.45) is 0 Å². The molecular formula is C12H23N3O. The highest BCUT2D eigenvalue weighted by atomic mass is 16.2. The first-order valence-corrected chi connectivity index (χ1v) is 6.02. The van der Waals surface area contributed by atoms with E-state index in [2.05, 4.69) is 18.3 Å². The molecule has 0 fully saturated rings. The highest BCUT2D eigenvalue weighted by Gasteiger charge is 2.11. The molecular weight excluding hydrogens is 202 g/mol. The van der Waals surface area contributed by atoms with Crippen molar-refractivity contribution in [1.82, 2.24) is 10.2 Å². The van der Waals surface area contributed by atoms with Crippen molar-refractivity contribution >= 4 is 5.91 Å². The van der Waals surface area contributed by atoms with Crippen molar-refractivity contribution < 1.29 is 4.79 Å². The van der Waals surface area contributed by atoms with Gasteiger partial charge in [-0.1, -0.05) is 20.3 Å². The van der Waals surface area contributed by atoms with Crippen LogP contribution in [0.1, 0.15) is 40.0 Å². The maximum absolute atomic E-state index is 11.6. The van der Waals surface area contributed by atoms with Gasteiger partial charge in [0, 0.05) is 6.04 Å². The number of hydrogen-bond donors (Lipinski definition) is 1. The van der Waals surface area contributed by atoms with Crippen molar-refractivity contribution in [1.29, 1.82) is 5.26 Å². The Morgan fingerprint density at radius 3 is 2.62 bits per heavy atom. The Morgan fingerprint density at radius 2 is 2.12 bits per heavy atom. The molecule has 16 heavy (non-hydrogen) atoms. The van der Waals surface area contributed by atoms with Crippen molar-refractivity contribution in [2.45, 2.75) is 46.1 Å². The molecule has 1 N–H and O–H groups in total. The van der Waals surface area contributed by atoms with Crippen LogP contribution in [0.5, 0.6) is 0 Å². The quantitative estimate of drug-likeness (QED) is 0.637. The summed E-state index contributed by atoms with van der Waals surface area (Å²) < 4.78 is 0. The topological polar surface area (TPSA) is 56.1 Å². The second-order valence-corrected chi connectivity index (χ2v) is 4.13. The molecule has 4 heteroatoms. The molecule has 0 aromatic rings. The van der Waals surface area contributed by atoms with Gasteiger partial charge in [0.1, 0.15) is 0 Å². The van der Waals surface area contributed by atoms with Crippen molar-refractivity contribution in [2.75, 3.05) is 19.6 Å². The minimum atomic E-state index is 0.0182. The van der Waals surface area contributed by atoms with Gasteiger partial charge in [0.25, 0.3) is 0 Å². The van der Waals surface area contributed by atoms with Gasteiger partial charge in [0.05, 0.1) is 19.2 Å². The number of amides is 1. The summed E-state index contributed by atoms with van der Waals surface area (Å²) in [5, 5.41) is 11.6. The summed E-state index contributed by atoms with van der Waals surface area (Å²) in [6.45, 7) is 7.60. The van der Waals surface area contributed by atoms with E-state index in [4.69, 9.17) is 5.26 Å². The molecule has 0 aromatic carbocycles. The Hall–Kier alpha value is -1.08. The molecule has 0 aliphatic rings. The third kappa shape index (κ3) is 7.24. The van der Waals surface area contributed by atoms with Crippen LogP contribution in [0.3, 0.4) is 0 Å². The maximum Gasteiger partial charge on any atom is 0.234 e. The normalized spacial score (nSPS) is 12.2. The van der Waals surface area contributed by atoms with Crippen LogP contribution in [-0.4, -0.2) is 36.5 Å². The summed E-state index contributed by atoms with van der Waals surface area (Å²) >= 11 is 0. The van der Waals surface area contributed by atoms with E-state index in [0.29, 0.717) is 13.1 Å². The Morgan fingerprint density at radius 1 is 1.44 bits per heavy atom. The summed E-state index contributed by atoms with van der Waals surface area (Å²) in [5.74, 6) is 0.0182. The minimum Gasteiger partial charge on any atom is -0.353 e. The van der Waals surface area contributed by atoms with E-state index in [1.165, 1.54) is 0 Å². The van der Waals surface area contributed by atoms with Crippen LogP contribution in [0.25, 0.3) is 0 Å². The highest BCUT2D eigenvalue weighted by molar-refractivity contribution is 5.78. The van der Waals surface area contributed by atoms with E-state index in [1.807, 2.05) is 18.7 Å². The smallest absolute Gasteiger partial charge is 0.234 e. The Bertz CT molecular complexity index is 235. The second kappa shape index (κ2) is 9.17. The molecule has 0 saturated carbocycles. The molecule has 0 rings (SSSR count). The lowest BCUT2D eigenvalue weighted by molar-refractivity contribution is -0.122. The molecule has 1 unspecified atom stereocenters. The van der Waals surface area contributed by atoms with Crippen molar-refractivity contribution in [3.05, 3.63) is 0 Å². The summed E-state index contributed by atoms with van der Waals surface area (Å²) in [6.07, 6.45) is 3.02. The number of nitrogens with one attached hydrogen (secondary N) is 1. The fraction of sp³-hybridized carbons (Fsp3) is 0.833. The predicted octanol–water partition coefficient (Wildman–Crippen LogP) is 1.53. The SMILES string of the molecule is CCCC(C)NC(=O)CN(CC#N)CCC. The number of rotatable bonds is 8. The maximum atomic E-state index is 11.6. The van der Waals surface area contributed by atoms with Gasteiger partial charge in [-0.05, 0) is 26.3 Å². The third-order valence-electron chi connectivity index (χ3n) is 2.33. The van der Waals surface area contributed by atoms with Gasteiger partial charge in [0.2, 0.25) is 5.91 Å². The fourth-order valence-corrected chi connectivity index (χ4v) is 1.66. The van der Waals surface area contributed by atoms with Crippen LogP contribution >= 0.6 is 0 Å². The molecule has 92 valence electrons. The molecule has 0 heterocycles. The van der Waals surface area contributed by atoms with Crippen LogP contribution in [-0.2, 0) is 4.79 Å². The largest absolute Gasteiger partial charge is 0.353 e. The average molecular weight is 225 g/mol. The lowest BCUT2D eigenvalue weighted by atomic mass is 10.2. The summed E-state index contributed by atoms with van der Waals surface area (Å²) in [6, 6.07) is 2.31. The lowest BCUT2D eigenvalue weighted by Gasteiger charge is -2.19. The number of hydrogen-bond acceptors (Lipinski definition) is 3. The van der Waals surface area contributed by atoms with Gasteiger partial charge in [-0.25, -0.2) is 0 Å². The van der Waals surface area contributed by atoms with Crippen LogP contribution in [0.15, 0.2) is 0 Å². The predicted molar refractivity (Wildman–Crippen MR) is 64.9 cm³/mol. The van der Waals surface area contributed by atoms with E-state index in [9.17, 15) is 4.79 Å². The molecule has 0 spiro atoms. The van der Waals surface area contributed by atoms with E-state index >= 15 is 0 Å². The number of carbonyl (C=O) groups excluding carboxylic acids is 1. The zero-order chi connectivity index (χ0) is 12.4. The van der Waals surface area contributed by atoms with Gasteiger partial charge < -0.3 is 5.32 Å². The molecule has 0 bridgehead atoms. The van der Waals surface area contributed by atoms with Gasteiger partial charge in [0.15, 0.2) is 0 Å². The standard InChI is InChI=1S/C12H23N3O/c1-4-6-11(3)14-12(16)10-15(8-5-2)9-7-13/h11H,4-6,8-10H2,1-3H3,(H,14,16). The first kappa shape index (κ1) is 14.9. The van der Waals surface area contributed by atoms with Crippen molar-refractivity contribution in [3.8, 4) is 6.07 Å². The Labute approximate surface area is 98.6 Å². The van der Waals surface area contributed by atoms with Crippen LogP contribution in [0.4, 0.5) is 0 Å². The Kier molecular flexibility index (Phi) is 8.55. The molecule has 0 aliphatic carbocycles. The van der Waals surface area contributed by atoms with E-state index in [1.54, 1.807) is 0 Å². The molecule has 0 aromatic heterocycles. The van der Waals surface area contributed by atoms with Crippen molar-refractivity contribution in [3.63, 3.8) is 0 Å². The average Bonchev–Trinajstić information content (AvgIpc) is 2.18. The summed E-state index contributed by atoms with van der Waals surface area (Å²) in [4.78, 5) is 13.5. The fourth-order valence-electron chi connectivity index (χ4n) is 1.66. The molecule has 0 saturated heterocycles. The third-order valence-corrected chi connectivity index (χ3v) is 2.33. The van der Waals surface area contributed by atoms with Gasteiger partial charge in [-0.3, -0.25) is 9.69 Å². The highest BCUT2D eigenvalue weighted by Crippen LogP contribution is 1.96. The van der Waals surface area contributed by atoms with Crippen LogP contribution in [0, 0.1) is 11.3 Å². The summed E-state index contributed by atoms with van der Waals surface area (Å²) in [7, 11) is 0. The zero-order valence-electron chi connectivity index (χ0n) is 10.6. The number of nitriles is 1. The first-order valence-electron chi connectivity index (χ1n) is 6.02. The number of nitrogens with zero attached hydrogens (tertiary/aromatic N) is 2. The van der Waals surface area contributed by atoms with E-state index in [0.717, 1.165) is 25.8 Å². The first-order chi connectivity index (χ1) is 7.63. The second-order valence-electron chi connectivity index (χ2n) is 4.13. The monoisotopic (exact) mass is 225 g/mol. The van der Waals surface area contributed by atoms with Crippen LogP contribution < -0.4 is 5.32 Å². The zero-order valence-corrected chi connectivity index (χ0v) is 10.6. The van der Waals surface area contributed by atoms with E-state index in [-0.39, 0.29) is 11.9 Å². The lowest BCUT2D eigenvalue weighted by Crippen LogP contribution is -2.41. The summed E-state index contributed by atoms with van der Waals surface area (Å²) in [5.41, 5.74) is 0. The minimum absolute atomic E-state index is 0.0182. The Balaban J connectivity index is 3.94. The van der Waals surface area contributed by atoms with Gasteiger partial charge in [-0.15, -0.1) is 0 Å². The molecule has 4 nitrogen and oxygen atoms in total. The molecule has 1 atom stereocenters. The van der Waals surface area contributed by atoms with E-state index < -0.39 is 0 Å². The molecule has 0 aliphatic heterocycles. The van der Waals surface area contributed by atoms with Gasteiger partial charge in [-0.2, -0.15) is 5.26 Å². The van der Waals surface area contributed by atoms with Gasteiger partial charge >= 0.3 is 0 Å². The molecule has 1 amide bonds.